The molecule has 196 valence electrons. The molecule has 1 atom stereocenters. The third-order valence-electron chi connectivity index (χ3n) is 7.33. The standard InChI is InChI=1S/C30H34N5O2P/c1-23-18-19-27(35(36)37)22-29(23)32-38(28-16-10-7-11-17-28,33-20-12-4-5-13-21-33)30-24(2)31-34(25(30)3)26-14-8-6-9-15-26/h6-11,14-19,22H,4-5,12-13,20-21H2,1-3H3. The summed E-state index contributed by atoms with van der Waals surface area (Å²) in [4.78, 5) is 11.4. The van der Waals surface area contributed by atoms with Crippen LogP contribution in [0.3, 0.4) is 0 Å². The molecule has 0 radical (unpaired) electrons. The van der Waals surface area contributed by atoms with E-state index in [-0.39, 0.29) is 10.6 Å². The van der Waals surface area contributed by atoms with Gasteiger partial charge in [-0.05, 0) is 51.3 Å². The number of hydrogen-bond acceptors (Lipinski definition) is 4. The Kier molecular flexibility index (Phi) is 7.59. The van der Waals surface area contributed by atoms with Crippen molar-refractivity contribution in [1.29, 1.82) is 0 Å². The van der Waals surface area contributed by atoms with Crippen LogP contribution in [0.1, 0.15) is 42.6 Å². The van der Waals surface area contributed by atoms with Crippen molar-refractivity contribution < 1.29 is 4.92 Å². The number of aryl methyl sites for hydroxylation is 2. The summed E-state index contributed by atoms with van der Waals surface area (Å²) in [7, 11) is -2.63. The molecule has 7 nitrogen and oxygen atoms in total. The van der Waals surface area contributed by atoms with E-state index in [4.69, 9.17) is 9.84 Å². The van der Waals surface area contributed by atoms with E-state index < -0.39 is 7.21 Å². The topological polar surface area (TPSA) is 76.6 Å². The summed E-state index contributed by atoms with van der Waals surface area (Å²) >= 11 is 0. The van der Waals surface area contributed by atoms with Crippen molar-refractivity contribution in [2.75, 3.05) is 13.1 Å². The molecule has 0 spiro atoms. The lowest BCUT2D eigenvalue weighted by atomic mass is 10.2. The van der Waals surface area contributed by atoms with Gasteiger partial charge in [0.25, 0.3) is 5.69 Å². The maximum Gasteiger partial charge on any atom is 0.271 e. The van der Waals surface area contributed by atoms with Crippen LogP contribution in [0.5, 0.6) is 0 Å². The van der Waals surface area contributed by atoms with E-state index >= 15 is 0 Å². The van der Waals surface area contributed by atoms with Gasteiger partial charge in [0.15, 0.2) is 0 Å². The van der Waals surface area contributed by atoms with Crippen LogP contribution in [-0.4, -0.2) is 32.5 Å². The molecule has 0 N–H and O–H groups in total. The fourth-order valence-corrected chi connectivity index (χ4v) is 9.69. The average Bonchev–Trinajstić information content (AvgIpc) is 3.09. The minimum atomic E-state index is -2.63. The number of para-hydroxylation sites is 1. The third-order valence-corrected chi connectivity index (χ3v) is 11.3. The van der Waals surface area contributed by atoms with Crippen molar-refractivity contribution in [3.8, 4) is 5.69 Å². The van der Waals surface area contributed by atoms with Crippen LogP contribution < -0.4 is 10.6 Å². The molecule has 1 aromatic heterocycles. The lowest BCUT2D eigenvalue weighted by Gasteiger charge is -2.37. The molecule has 1 unspecified atom stereocenters. The second kappa shape index (κ2) is 11.1. The lowest BCUT2D eigenvalue weighted by molar-refractivity contribution is -0.384. The monoisotopic (exact) mass is 527 g/mol. The van der Waals surface area contributed by atoms with Crippen molar-refractivity contribution in [3.63, 3.8) is 0 Å². The fourth-order valence-electron chi connectivity index (χ4n) is 5.47. The molecular weight excluding hydrogens is 493 g/mol. The Balaban J connectivity index is 1.90. The van der Waals surface area contributed by atoms with Crippen LogP contribution in [0.2, 0.25) is 0 Å². The van der Waals surface area contributed by atoms with Gasteiger partial charge in [0.2, 0.25) is 0 Å². The normalized spacial score (nSPS) is 16.0. The van der Waals surface area contributed by atoms with Gasteiger partial charge >= 0.3 is 0 Å². The second-order valence-corrected chi connectivity index (χ2v) is 12.8. The highest BCUT2D eigenvalue weighted by atomic mass is 31.2. The Bertz CT molecular complexity index is 1490. The van der Waals surface area contributed by atoms with Crippen LogP contribution in [0.25, 0.3) is 5.69 Å². The Labute approximate surface area is 224 Å². The Morgan fingerprint density at radius 2 is 1.50 bits per heavy atom. The van der Waals surface area contributed by atoms with Crippen molar-refractivity contribution in [2.45, 2.75) is 46.5 Å². The summed E-state index contributed by atoms with van der Waals surface area (Å²) in [6.07, 6.45) is 4.59. The first-order valence-electron chi connectivity index (χ1n) is 13.2. The molecule has 8 heteroatoms. The summed E-state index contributed by atoms with van der Waals surface area (Å²) in [5.74, 6) is 0. The summed E-state index contributed by atoms with van der Waals surface area (Å²) in [6.45, 7) is 8.05. The summed E-state index contributed by atoms with van der Waals surface area (Å²) in [5, 5.41) is 19.1. The first-order valence-corrected chi connectivity index (χ1v) is 14.9. The first-order chi connectivity index (χ1) is 18.4. The van der Waals surface area contributed by atoms with E-state index in [2.05, 4.69) is 54.9 Å². The number of nitro groups is 1. The number of rotatable bonds is 6. The molecule has 38 heavy (non-hydrogen) atoms. The predicted molar refractivity (Wildman–Crippen MR) is 156 cm³/mol. The van der Waals surface area contributed by atoms with Gasteiger partial charge in [-0.25, -0.2) is 9.43 Å². The molecule has 1 saturated heterocycles. The SMILES string of the molecule is Cc1ccc([N+](=O)[O-])cc1N=P(c1ccccc1)(c1c(C)nn(-c2ccccc2)c1C)N1CCCCCC1. The molecule has 3 aromatic carbocycles. The maximum atomic E-state index is 11.7. The van der Waals surface area contributed by atoms with Gasteiger partial charge in [-0.3, -0.25) is 14.8 Å². The number of aromatic nitrogens is 2. The van der Waals surface area contributed by atoms with E-state index in [0.717, 1.165) is 59.2 Å². The predicted octanol–water partition coefficient (Wildman–Crippen LogP) is 6.98. The highest BCUT2D eigenvalue weighted by Crippen LogP contribution is 2.56. The molecule has 4 aromatic rings. The zero-order valence-electron chi connectivity index (χ0n) is 22.2. The van der Waals surface area contributed by atoms with E-state index in [1.165, 1.54) is 12.8 Å². The number of hydrogen-bond donors (Lipinski definition) is 0. The number of benzene rings is 3. The largest absolute Gasteiger partial charge is 0.271 e. The molecule has 1 aliphatic heterocycles. The molecule has 0 aliphatic carbocycles. The van der Waals surface area contributed by atoms with E-state index in [0.29, 0.717) is 5.69 Å². The van der Waals surface area contributed by atoms with Crippen molar-refractivity contribution in [3.05, 3.63) is 106 Å². The number of non-ortho nitro benzene ring substituents is 1. The Hall–Kier alpha value is -3.54. The number of nitro benzene ring substituents is 1. The van der Waals surface area contributed by atoms with Crippen LogP contribution in [0.4, 0.5) is 11.4 Å². The fraction of sp³-hybridized carbons (Fsp3) is 0.300. The molecule has 1 aliphatic rings. The highest BCUT2D eigenvalue weighted by Gasteiger charge is 2.38. The maximum absolute atomic E-state index is 11.7. The molecule has 1 fully saturated rings. The van der Waals surface area contributed by atoms with Gasteiger partial charge in [-0.15, -0.1) is 0 Å². The van der Waals surface area contributed by atoms with Gasteiger partial charge < -0.3 is 0 Å². The first kappa shape index (κ1) is 26.1. The molecule has 0 saturated carbocycles. The van der Waals surface area contributed by atoms with E-state index in [1.807, 2.05) is 41.9 Å². The van der Waals surface area contributed by atoms with Gasteiger partial charge in [0, 0.05) is 30.5 Å². The minimum Gasteiger partial charge on any atom is -0.262 e. The van der Waals surface area contributed by atoms with Crippen molar-refractivity contribution in [1.82, 2.24) is 14.5 Å². The van der Waals surface area contributed by atoms with Gasteiger partial charge in [0.1, 0.15) is 0 Å². The van der Waals surface area contributed by atoms with Crippen molar-refractivity contribution in [2.24, 2.45) is 4.74 Å². The zero-order valence-corrected chi connectivity index (χ0v) is 23.1. The van der Waals surface area contributed by atoms with Crippen LogP contribution in [-0.2, 0) is 0 Å². The highest BCUT2D eigenvalue weighted by molar-refractivity contribution is 7.79. The van der Waals surface area contributed by atoms with Gasteiger partial charge in [-0.1, -0.05) is 67.4 Å². The number of nitrogens with zero attached hydrogens (tertiary/aromatic N) is 5. The summed E-state index contributed by atoms with van der Waals surface area (Å²) in [5.41, 5.74) is 4.67. The lowest BCUT2D eigenvalue weighted by Crippen LogP contribution is -2.35. The van der Waals surface area contributed by atoms with E-state index in [1.54, 1.807) is 12.1 Å². The van der Waals surface area contributed by atoms with Gasteiger partial charge in [-0.2, -0.15) is 5.10 Å². The molecular formula is C30H34N5O2P. The summed E-state index contributed by atoms with van der Waals surface area (Å²) in [6, 6.07) is 25.7. The zero-order chi connectivity index (χ0) is 26.7. The minimum absolute atomic E-state index is 0.0600. The molecule has 0 amide bonds. The molecule has 5 rings (SSSR count). The van der Waals surface area contributed by atoms with Crippen LogP contribution >= 0.6 is 7.21 Å². The molecule has 0 bridgehead atoms. The smallest absolute Gasteiger partial charge is 0.262 e. The summed E-state index contributed by atoms with van der Waals surface area (Å²) < 4.78 is 10.3. The second-order valence-electron chi connectivity index (χ2n) is 9.90. The molecule has 2 heterocycles. The van der Waals surface area contributed by atoms with Gasteiger partial charge in [0.05, 0.1) is 40.2 Å². The Morgan fingerprint density at radius 3 is 2.13 bits per heavy atom. The van der Waals surface area contributed by atoms with Crippen molar-refractivity contribution >= 4 is 29.2 Å². The quantitative estimate of drug-likeness (QED) is 0.154. The average molecular weight is 528 g/mol. The van der Waals surface area contributed by atoms with E-state index in [9.17, 15) is 10.1 Å². The Morgan fingerprint density at radius 1 is 0.868 bits per heavy atom. The van der Waals surface area contributed by atoms with Crippen LogP contribution in [0.15, 0.2) is 83.6 Å². The van der Waals surface area contributed by atoms with Crippen LogP contribution in [0, 0.1) is 30.9 Å². The third kappa shape index (κ3) is 4.84.